The first kappa shape index (κ1) is 16.1. The highest BCUT2D eigenvalue weighted by atomic mass is 19.3. The third-order valence-electron chi connectivity index (χ3n) is 3.22. The molecule has 3 nitrogen and oxygen atoms in total. The van der Waals surface area contributed by atoms with Gasteiger partial charge >= 0.3 is 0 Å². The Morgan fingerprint density at radius 1 is 1.26 bits per heavy atom. The van der Waals surface area contributed by atoms with Crippen LogP contribution in [0.15, 0.2) is 6.20 Å². The van der Waals surface area contributed by atoms with Crippen LogP contribution in [-0.2, 0) is 6.54 Å². The van der Waals surface area contributed by atoms with Crippen molar-refractivity contribution in [2.75, 3.05) is 0 Å². The molecule has 1 aromatic rings. The Kier molecular flexibility index (Phi) is 5.47. The van der Waals surface area contributed by atoms with Gasteiger partial charge in [-0.2, -0.15) is 5.10 Å². The molecule has 1 aromatic heterocycles. The highest BCUT2D eigenvalue weighted by molar-refractivity contribution is 5.20. The molecule has 5 heteroatoms. The average molecular weight is 273 g/mol. The Bertz CT molecular complexity index is 390. The molecular weight excluding hydrogens is 248 g/mol. The zero-order valence-corrected chi connectivity index (χ0v) is 12.5. The Morgan fingerprint density at radius 3 is 2.26 bits per heavy atom. The zero-order chi connectivity index (χ0) is 14.6. The van der Waals surface area contributed by atoms with Crippen molar-refractivity contribution in [2.24, 2.45) is 0 Å². The lowest BCUT2D eigenvalue weighted by atomic mass is 10.1. The maximum absolute atomic E-state index is 13.3. The van der Waals surface area contributed by atoms with Crippen LogP contribution in [0.4, 0.5) is 8.78 Å². The molecule has 19 heavy (non-hydrogen) atoms. The fourth-order valence-electron chi connectivity index (χ4n) is 2.07. The summed E-state index contributed by atoms with van der Waals surface area (Å²) >= 11 is 0. The molecule has 1 rings (SSSR count). The van der Waals surface area contributed by atoms with Crippen LogP contribution in [0.1, 0.15) is 71.2 Å². The quantitative estimate of drug-likeness (QED) is 0.846. The third-order valence-corrected chi connectivity index (χ3v) is 3.22. The molecule has 0 aliphatic rings. The molecule has 0 saturated heterocycles. The van der Waals surface area contributed by atoms with Gasteiger partial charge in [0.2, 0.25) is 0 Å². The number of alkyl halides is 2. The average Bonchev–Trinajstić information content (AvgIpc) is 2.71. The third kappa shape index (κ3) is 4.27. The van der Waals surface area contributed by atoms with E-state index in [4.69, 9.17) is 0 Å². The van der Waals surface area contributed by atoms with Crippen LogP contribution in [0.3, 0.4) is 0 Å². The zero-order valence-electron chi connectivity index (χ0n) is 12.5. The minimum Gasteiger partial charge on any atom is -0.308 e. The van der Waals surface area contributed by atoms with Crippen molar-refractivity contribution in [3.63, 3.8) is 0 Å². The molecule has 0 bridgehead atoms. The summed E-state index contributed by atoms with van der Waals surface area (Å²) < 4.78 is 28.1. The summed E-state index contributed by atoms with van der Waals surface area (Å²) in [6.07, 6.45) is 0.701. The molecule has 110 valence electrons. The van der Waals surface area contributed by atoms with Crippen LogP contribution in [0, 0.1) is 0 Å². The Morgan fingerprint density at radius 2 is 1.84 bits per heavy atom. The fourth-order valence-corrected chi connectivity index (χ4v) is 2.07. The minimum absolute atomic E-state index is 0.0485. The molecule has 0 atom stereocenters. The molecule has 0 fully saturated rings. The number of aromatic nitrogens is 2. The van der Waals surface area contributed by atoms with E-state index in [0.717, 1.165) is 12.8 Å². The number of halogens is 2. The number of nitrogens with zero attached hydrogens (tertiary/aromatic N) is 2. The highest BCUT2D eigenvalue weighted by Crippen LogP contribution is 2.28. The van der Waals surface area contributed by atoms with Gasteiger partial charge < -0.3 is 5.32 Å². The number of hydrogen-bond donors (Lipinski definition) is 1. The van der Waals surface area contributed by atoms with Gasteiger partial charge in [-0.25, -0.2) is 8.78 Å². The summed E-state index contributed by atoms with van der Waals surface area (Å²) in [7, 11) is 0. The van der Waals surface area contributed by atoms with Gasteiger partial charge in [-0.05, 0) is 33.6 Å². The largest absolute Gasteiger partial charge is 0.308 e. The molecule has 1 N–H and O–H groups in total. The molecule has 0 aliphatic heterocycles. The van der Waals surface area contributed by atoms with E-state index in [9.17, 15) is 8.78 Å². The first-order chi connectivity index (χ1) is 8.80. The van der Waals surface area contributed by atoms with Crippen LogP contribution in [0.2, 0.25) is 0 Å². The molecular formula is C14H25F2N3. The summed E-state index contributed by atoms with van der Waals surface area (Å²) in [5.41, 5.74) is 0.554. The summed E-state index contributed by atoms with van der Waals surface area (Å²) in [5, 5.41) is 7.41. The Hall–Kier alpha value is -0.970. The predicted octanol–water partition coefficient (Wildman–Crippen LogP) is 4.07. The topological polar surface area (TPSA) is 29.9 Å². The van der Waals surface area contributed by atoms with Gasteiger partial charge in [-0.15, -0.1) is 0 Å². The molecule has 0 radical (unpaired) electrons. The normalized spacial score (nSPS) is 12.7. The summed E-state index contributed by atoms with van der Waals surface area (Å²) in [4.78, 5) is 0. The van der Waals surface area contributed by atoms with Crippen LogP contribution in [-0.4, -0.2) is 15.3 Å². The molecule has 0 aromatic carbocycles. The number of nitrogens with one attached hydrogen (secondary N) is 1. The maximum Gasteiger partial charge on any atom is 0.280 e. The van der Waals surface area contributed by atoms with Crippen molar-refractivity contribution in [1.82, 2.24) is 15.1 Å². The van der Waals surface area contributed by atoms with Gasteiger partial charge in [0.1, 0.15) is 5.69 Å². The van der Waals surface area contributed by atoms with Crippen molar-refractivity contribution in [3.8, 4) is 0 Å². The Balaban J connectivity index is 3.00. The molecule has 0 saturated carbocycles. The number of rotatable bonds is 6. The van der Waals surface area contributed by atoms with E-state index in [1.807, 2.05) is 34.6 Å². The molecule has 0 unspecified atom stereocenters. The van der Waals surface area contributed by atoms with Crippen molar-refractivity contribution >= 4 is 0 Å². The first-order valence-electron chi connectivity index (χ1n) is 6.89. The van der Waals surface area contributed by atoms with E-state index in [2.05, 4.69) is 10.4 Å². The van der Waals surface area contributed by atoms with Crippen LogP contribution in [0.5, 0.6) is 0 Å². The standard InChI is InChI=1S/C14H25F2N3/c1-6-11(7-2)19-12(13(15)16)10(9-18-19)8-17-14(3,4)5/h9,11,13,17H,6-8H2,1-5H3. The van der Waals surface area contributed by atoms with E-state index < -0.39 is 6.43 Å². The second kappa shape index (κ2) is 6.46. The van der Waals surface area contributed by atoms with Gasteiger partial charge in [0.15, 0.2) is 0 Å². The van der Waals surface area contributed by atoms with E-state index in [1.54, 1.807) is 6.20 Å². The lowest BCUT2D eigenvalue weighted by Gasteiger charge is -2.21. The van der Waals surface area contributed by atoms with Crippen molar-refractivity contribution in [3.05, 3.63) is 17.5 Å². The molecule has 0 aliphatic carbocycles. The minimum atomic E-state index is -2.49. The van der Waals surface area contributed by atoms with E-state index >= 15 is 0 Å². The van der Waals surface area contributed by atoms with Crippen molar-refractivity contribution < 1.29 is 8.78 Å². The van der Waals surface area contributed by atoms with Crippen LogP contribution < -0.4 is 5.32 Å². The molecule has 0 spiro atoms. The first-order valence-corrected chi connectivity index (χ1v) is 6.89. The van der Waals surface area contributed by atoms with Crippen molar-refractivity contribution in [2.45, 2.75) is 72.0 Å². The van der Waals surface area contributed by atoms with Crippen molar-refractivity contribution in [1.29, 1.82) is 0 Å². The SMILES string of the molecule is CCC(CC)n1ncc(CNC(C)(C)C)c1C(F)F. The highest BCUT2D eigenvalue weighted by Gasteiger charge is 2.24. The monoisotopic (exact) mass is 273 g/mol. The summed E-state index contributed by atoms with van der Waals surface area (Å²) in [6, 6.07) is 0.0485. The van der Waals surface area contributed by atoms with Crippen LogP contribution in [0.25, 0.3) is 0 Å². The van der Waals surface area contributed by atoms with Gasteiger partial charge in [-0.3, -0.25) is 4.68 Å². The molecule has 1 heterocycles. The summed E-state index contributed by atoms with van der Waals surface area (Å²) in [6.45, 7) is 10.5. The van der Waals surface area contributed by atoms with E-state index in [0.29, 0.717) is 12.1 Å². The van der Waals surface area contributed by atoms with Gasteiger partial charge in [-0.1, -0.05) is 13.8 Å². The second-order valence-electron chi connectivity index (χ2n) is 5.87. The van der Waals surface area contributed by atoms with Crippen LogP contribution >= 0.6 is 0 Å². The van der Waals surface area contributed by atoms with E-state index in [-0.39, 0.29) is 17.3 Å². The Labute approximate surface area is 114 Å². The van der Waals surface area contributed by atoms with Gasteiger partial charge in [0.05, 0.1) is 12.2 Å². The van der Waals surface area contributed by atoms with Gasteiger partial charge in [0.25, 0.3) is 6.43 Å². The maximum atomic E-state index is 13.3. The number of hydrogen-bond acceptors (Lipinski definition) is 2. The summed E-state index contributed by atoms with van der Waals surface area (Å²) in [5.74, 6) is 0. The predicted molar refractivity (Wildman–Crippen MR) is 73.4 cm³/mol. The fraction of sp³-hybridized carbons (Fsp3) is 0.786. The lowest BCUT2D eigenvalue weighted by molar-refractivity contribution is 0.133. The van der Waals surface area contributed by atoms with Gasteiger partial charge in [0, 0.05) is 17.6 Å². The van der Waals surface area contributed by atoms with E-state index in [1.165, 1.54) is 4.68 Å². The molecule has 0 amide bonds. The smallest absolute Gasteiger partial charge is 0.280 e. The lowest BCUT2D eigenvalue weighted by Crippen LogP contribution is -2.35. The second-order valence-corrected chi connectivity index (χ2v) is 5.87.